The molecule has 1 aliphatic heterocycles. The molecule has 1 heterocycles. The second-order valence-corrected chi connectivity index (χ2v) is 7.54. The van der Waals surface area contributed by atoms with E-state index in [0.717, 1.165) is 22.4 Å². The number of carbonyl (C=O) groups excluding carboxylic acids is 1. The van der Waals surface area contributed by atoms with Gasteiger partial charge in [0.2, 0.25) is 5.78 Å². The van der Waals surface area contributed by atoms with Crippen LogP contribution in [0.4, 0.5) is 0 Å². The Labute approximate surface area is 139 Å². The average molecular weight is 363 g/mol. The van der Waals surface area contributed by atoms with Gasteiger partial charge in [-0.15, -0.1) is 0 Å². The zero-order valence-electron chi connectivity index (χ0n) is 11.9. The maximum Gasteiger partial charge on any atom is 0.212 e. The number of rotatable bonds is 4. The zero-order valence-corrected chi connectivity index (χ0v) is 14.3. The minimum atomic E-state index is 0. The Morgan fingerprint density at radius 1 is 0.905 bits per heavy atom. The quantitative estimate of drug-likeness (QED) is 0.584. The van der Waals surface area contributed by atoms with Gasteiger partial charge in [-0.2, -0.15) is 0 Å². The van der Waals surface area contributed by atoms with Gasteiger partial charge in [-0.25, -0.2) is 0 Å². The molecule has 2 aromatic carbocycles. The SMILES string of the molecule is O=C(C[S+]1CCCC1)c1ccccc1-c1ccccc1.[Br-]. The maximum absolute atomic E-state index is 12.6. The van der Waals surface area contributed by atoms with Crippen LogP contribution in [-0.2, 0) is 10.9 Å². The Kier molecular flexibility index (Phi) is 6.07. The van der Waals surface area contributed by atoms with Crippen LogP contribution in [0.5, 0.6) is 0 Å². The van der Waals surface area contributed by atoms with Gasteiger partial charge >= 0.3 is 0 Å². The van der Waals surface area contributed by atoms with Gasteiger partial charge in [0, 0.05) is 5.56 Å². The summed E-state index contributed by atoms with van der Waals surface area (Å²) in [4.78, 5) is 12.6. The Balaban J connectivity index is 0.00000161. The monoisotopic (exact) mass is 362 g/mol. The summed E-state index contributed by atoms with van der Waals surface area (Å²) in [5, 5.41) is 0. The topological polar surface area (TPSA) is 17.1 Å². The van der Waals surface area contributed by atoms with Crippen molar-refractivity contribution in [2.24, 2.45) is 0 Å². The van der Waals surface area contributed by atoms with Gasteiger partial charge < -0.3 is 17.0 Å². The van der Waals surface area contributed by atoms with Crippen molar-refractivity contribution in [3.05, 3.63) is 60.2 Å². The highest BCUT2D eigenvalue weighted by atomic mass is 79.9. The Morgan fingerprint density at radius 3 is 2.24 bits per heavy atom. The van der Waals surface area contributed by atoms with Crippen LogP contribution in [0, 0.1) is 0 Å². The molecule has 3 rings (SSSR count). The van der Waals surface area contributed by atoms with Crippen LogP contribution in [0.25, 0.3) is 11.1 Å². The van der Waals surface area contributed by atoms with Gasteiger partial charge in [0.25, 0.3) is 0 Å². The van der Waals surface area contributed by atoms with Crippen molar-refractivity contribution in [2.45, 2.75) is 12.8 Å². The number of carbonyl (C=O) groups is 1. The summed E-state index contributed by atoms with van der Waals surface area (Å²) in [6.45, 7) is 0. The fourth-order valence-corrected chi connectivity index (χ4v) is 4.96. The molecule has 0 saturated carbocycles. The second-order valence-electron chi connectivity index (χ2n) is 5.21. The lowest BCUT2D eigenvalue weighted by Crippen LogP contribution is -3.00. The van der Waals surface area contributed by atoms with Crippen LogP contribution in [0.1, 0.15) is 23.2 Å². The number of halogens is 1. The van der Waals surface area contributed by atoms with Crippen LogP contribution < -0.4 is 17.0 Å². The van der Waals surface area contributed by atoms with Crippen molar-refractivity contribution in [1.29, 1.82) is 0 Å². The Morgan fingerprint density at radius 2 is 1.52 bits per heavy atom. The summed E-state index contributed by atoms with van der Waals surface area (Å²) < 4.78 is 0. The molecule has 110 valence electrons. The number of ketones is 1. The van der Waals surface area contributed by atoms with E-state index < -0.39 is 0 Å². The van der Waals surface area contributed by atoms with Crippen LogP contribution in [0.15, 0.2) is 54.6 Å². The number of benzene rings is 2. The fraction of sp³-hybridized carbons (Fsp3) is 0.278. The highest BCUT2D eigenvalue weighted by Crippen LogP contribution is 2.25. The summed E-state index contributed by atoms with van der Waals surface area (Å²) in [7, 11) is 0.328. The van der Waals surface area contributed by atoms with Gasteiger partial charge in [-0.1, -0.05) is 54.6 Å². The fourth-order valence-electron chi connectivity index (χ4n) is 2.72. The summed E-state index contributed by atoms with van der Waals surface area (Å²) in [5.74, 6) is 3.55. The molecule has 1 aliphatic rings. The number of Topliss-reactive ketones (excluding diaryl/α,β-unsaturated/α-hetero) is 1. The standard InChI is InChI=1S/C18H19OS.BrH/c19-18(14-20-12-6-7-13-20)17-11-5-4-10-16(17)15-8-2-1-3-9-15;/h1-5,8-11H,6-7,12-14H2;1H/q+1;/p-1. The molecule has 0 aromatic heterocycles. The van der Waals surface area contributed by atoms with Crippen molar-refractivity contribution < 1.29 is 21.8 Å². The van der Waals surface area contributed by atoms with Crippen molar-refractivity contribution in [2.75, 3.05) is 17.3 Å². The van der Waals surface area contributed by atoms with E-state index >= 15 is 0 Å². The largest absolute Gasteiger partial charge is 1.00 e. The smallest absolute Gasteiger partial charge is 0.212 e. The van der Waals surface area contributed by atoms with Gasteiger partial charge in [-0.05, 0) is 34.9 Å². The van der Waals surface area contributed by atoms with E-state index in [0.29, 0.717) is 16.7 Å². The first kappa shape index (κ1) is 16.3. The third kappa shape index (κ3) is 3.98. The van der Waals surface area contributed by atoms with Gasteiger partial charge in [-0.3, -0.25) is 4.79 Å². The molecule has 0 unspecified atom stereocenters. The van der Waals surface area contributed by atoms with E-state index in [-0.39, 0.29) is 17.0 Å². The molecule has 0 amide bonds. The highest BCUT2D eigenvalue weighted by Gasteiger charge is 2.28. The lowest BCUT2D eigenvalue weighted by molar-refractivity contribution is -0.0000118. The minimum Gasteiger partial charge on any atom is -1.00 e. The maximum atomic E-state index is 12.6. The van der Waals surface area contributed by atoms with Crippen LogP contribution >= 0.6 is 0 Å². The summed E-state index contributed by atoms with van der Waals surface area (Å²) in [5.41, 5.74) is 3.09. The molecule has 0 spiro atoms. The van der Waals surface area contributed by atoms with Gasteiger partial charge in [0.05, 0.1) is 0 Å². The predicted octanol–water partition coefficient (Wildman–Crippen LogP) is 0.952. The molecule has 1 fully saturated rings. The van der Waals surface area contributed by atoms with Gasteiger partial charge in [0.15, 0.2) is 5.75 Å². The molecule has 2 aromatic rings. The molecular formula is C18H19BrOS. The van der Waals surface area contributed by atoms with E-state index in [9.17, 15) is 4.79 Å². The zero-order chi connectivity index (χ0) is 13.8. The molecule has 1 nitrogen and oxygen atoms in total. The highest BCUT2D eigenvalue weighted by molar-refractivity contribution is 7.97. The molecule has 21 heavy (non-hydrogen) atoms. The van der Waals surface area contributed by atoms with Crippen LogP contribution in [0.3, 0.4) is 0 Å². The molecule has 0 bridgehead atoms. The molecule has 0 aliphatic carbocycles. The molecular weight excluding hydrogens is 344 g/mol. The Bertz CT molecular complexity index is 591. The van der Waals surface area contributed by atoms with Crippen LogP contribution in [0.2, 0.25) is 0 Å². The van der Waals surface area contributed by atoms with Crippen molar-refractivity contribution in [1.82, 2.24) is 0 Å². The van der Waals surface area contributed by atoms with E-state index in [1.807, 2.05) is 36.4 Å². The predicted molar refractivity (Wildman–Crippen MR) is 87.4 cm³/mol. The van der Waals surface area contributed by atoms with Crippen molar-refractivity contribution in [3.8, 4) is 11.1 Å². The second kappa shape index (κ2) is 7.81. The summed E-state index contributed by atoms with van der Waals surface area (Å²) in [6, 6.07) is 18.2. The minimum absolute atomic E-state index is 0. The number of hydrogen-bond donors (Lipinski definition) is 0. The first-order valence-electron chi connectivity index (χ1n) is 7.16. The van der Waals surface area contributed by atoms with E-state index in [1.54, 1.807) is 0 Å². The van der Waals surface area contributed by atoms with Crippen LogP contribution in [-0.4, -0.2) is 23.0 Å². The van der Waals surface area contributed by atoms with Crippen molar-refractivity contribution >= 4 is 16.7 Å². The number of hydrogen-bond acceptors (Lipinski definition) is 1. The lowest BCUT2D eigenvalue weighted by atomic mass is 9.98. The molecule has 0 radical (unpaired) electrons. The summed E-state index contributed by atoms with van der Waals surface area (Å²) in [6.07, 6.45) is 2.60. The first-order chi connectivity index (χ1) is 9.84. The summed E-state index contributed by atoms with van der Waals surface area (Å²) >= 11 is 0. The third-order valence-electron chi connectivity index (χ3n) is 3.76. The van der Waals surface area contributed by atoms with Gasteiger partial charge in [0.1, 0.15) is 11.5 Å². The molecule has 0 N–H and O–H groups in total. The van der Waals surface area contributed by atoms with Crippen molar-refractivity contribution in [3.63, 3.8) is 0 Å². The third-order valence-corrected chi connectivity index (χ3v) is 6.17. The lowest BCUT2D eigenvalue weighted by Gasteiger charge is -2.08. The van der Waals surface area contributed by atoms with E-state index in [2.05, 4.69) is 18.2 Å². The Hall–Kier alpha value is -1.06. The molecule has 3 heteroatoms. The van der Waals surface area contributed by atoms with E-state index in [1.165, 1.54) is 24.3 Å². The normalized spacial score (nSPS) is 14.7. The molecule has 1 saturated heterocycles. The first-order valence-corrected chi connectivity index (χ1v) is 8.89. The average Bonchev–Trinajstić information content (AvgIpc) is 3.01. The van der Waals surface area contributed by atoms with E-state index in [4.69, 9.17) is 0 Å². The molecule has 0 atom stereocenters.